The van der Waals surface area contributed by atoms with Crippen molar-refractivity contribution in [2.45, 2.75) is 19.4 Å². The highest BCUT2D eigenvalue weighted by Gasteiger charge is 2.13. The maximum atomic E-state index is 11.9. The first kappa shape index (κ1) is 13.8. The van der Waals surface area contributed by atoms with Gasteiger partial charge in [-0.3, -0.25) is 4.79 Å². The number of hydrogen-bond donors (Lipinski definition) is 1. The smallest absolute Gasteiger partial charge is 0.252 e. The molecule has 5 nitrogen and oxygen atoms in total. The molecule has 1 atom stereocenters. The van der Waals surface area contributed by atoms with Crippen LogP contribution in [0.3, 0.4) is 0 Å². The van der Waals surface area contributed by atoms with Crippen molar-refractivity contribution in [3.05, 3.63) is 23.8 Å². The molecule has 0 radical (unpaired) electrons. The van der Waals surface area contributed by atoms with Gasteiger partial charge in [0.1, 0.15) is 17.5 Å². The molecule has 0 bridgehead atoms. The summed E-state index contributed by atoms with van der Waals surface area (Å²) in [6.07, 6.45) is 0.559. The van der Waals surface area contributed by atoms with E-state index in [4.69, 9.17) is 14.7 Å². The minimum atomic E-state index is -0.491. The second-order valence-corrected chi connectivity index (χ2v) is 3.66. The number of carbonyl (C=O) groups is 1. The van der Waals surface area contributed by atoms with Crippen LogP contribution in [0.4, 0.5) is 0 Å². The number of hydrogen-bond acceptors (Lipinski definition) is 4. The monoisotopic (exact) mass is 248 g/mol. The van der Waals surface area contributed by atoms with E-state index >= 15 is 0 Å². The van der Waals surface area contributed by atoms with E-state index < -0.39 is 6.04 Å². The molecule has 1 amide bonds. The van der Waals surface area contributed by atoms with Crippen molar-refractivity contribution in [3.63, 3.8) is 0 Å². The molecule has 0 spiro atoms. The second-order valence-electron chi connectivity index (χ2n) is 3.66. The fourth-order valence-corrected chi connectivity index (χ4v) is 1.41. The summed E-state index contributed by atoms with van der Waals surface area (Å²) in [5.74, 6) is 0.745. The molecule has 0 saturated carbocycles. The molecule has 1 N–H and O–H groups in total. The zero-order valence-corrected chi connectivity index (χ0v) is 10.7. The van der Waals surface area contributed by atoms with Gasteiger partial charge in [-0.1, -0.05) is 6.92 Å². The third kappa shape index (κ3) is 3.39. The van der Waals surface area contributed by atoms with E-state index in [9.17, 15) is 4.79 Å². The summed E-state index contributed by atoms with van der Waals surface area (Å²) in [4.78, 5) is 11.9. The highest BCUT2D eigenvalue weighted by Crippen LogP contribution is 2.22. The summed E-state index contributed by atoms with van der Waals surface area (Å²) in [6.45, 7) is 1.83. The Bertz CT molecular complexity index is 444. The number of carbonyl (C=O) groups excluding carboxylic acids is 1. The Balaban J connectivity index is 2.95. The van der Waals surface area contributed by atoms with Crippen molar-refractivity contribution in [1.29, 1.82) is 5.26 Å². The largest absolute Gasteiger partial charge is 0.497 e. The average molecular weight is 248 g/mol. The Morgan fingerprint density at radius 3 is 2.28 bits per heavy atom. The number of ether oxygens (including phenoxy) is 2. The van der Waals surface area contributed by atoms with Crippen LogP contribution in [0.15, 0.2) is 18.2 Å². The molecule has 1 unspecified atom stereocenters. The Kier molecular flexibility index (Phi) is 5.00. The lowest BCUT2D eigenvalue weighted by molar-refractivity contribution is 0.0944. The zero-order chi connectivity index (χ0) is 13.5. The Morgan fingerprint density at radius 2 is 1.89 bits per heavy atom. The van der Waals surface area contributed by atoms with Crippen molar-refractivity contribution >= 4 is 5.91 Å². The molecule has 0 aliphatic rings. The van der Waals surface area contributed by atoms with Crippen LogP contribution in [0.5, 0.6) is 11.5 Å². The highest BCUT2D eigenvalue weighted by atomic mass is 16.5. The van der Waals surface area contributed by atoms with Crippen molar-refractivity contribution in [2.75, 3.05) is 14.2 Å². The van der Waals surface area contributed by atoms with Gasteiger partial charge in [-0.2, -0.15) is 5.26 Å². The number of amides is 1. The molecular weight excluding hydrogens is 232 g/mol. The first-order valence-electron chi connectivity index (χ1n) is 5.58. The van der Waals surface area contributed by atoms with Gasteiger partial charge in [-0.05, 0) is 18.6 Å². The first-order valence-corrected chi connectivity index (χ1v) is 5.58. The first-order chi connectivity index (χ1) is 8.64. The van der Waals surface area contributed by atoms with Crippen molar-refractivity contribution in [1.82, 2.24) is 5.32 Å². The van der Waals surface area contributed by atoms with Crippen LogP contribution in [-0.4, -0.2) is 26.2 Å². The van der Waals surface area contributed by atoms with Gasteiger partial charge < -0.3 is 14.8 Å². The lowest BCUT2D eigenvalue weighted by Crippen LogP contribution is -2.33. The summed E-state index contributed by atoms with van der Waals surface area (Å²) >= 11 is 0. The number of nitrogens with one attached hydrogen (secondary N) is 1. The third-order valence-electron chi connectivity index (χ3n) is 2.48. The molecule has 0 aliphatic carbocycles. The molecule has 1 rings (SSSR count). The number of nitriles is 1. The number of benzene rings is 1. The zero-order valence-electron chi connectivity index (χ0n) is 10.7. The number of nitrogens with zero attached hydrogens (tertiary/aromatic N) is 1. The summed E-state index contributed by atoms with van der Waals surface area (Å²) in [5.41, 5.74) is 0.403. The molecule has 0 aliphatic heterocycles. The predicted molar refractivity (Wildman–Crippen MR) is 66.7 cm³/mol. The Labute approximate surface area is 106 Å². The Hall–Kier alpha value is -2.22. The van der Waals surface area contributed by atoms with Gasteiger partial charge in [0.15, 0.2) is 0 Å². The molecule has 0 heterocycles. The van der Waals surface area contributed by atoms with Crippen LogP contribution in [0.2, 0.25) is 0 Å². The van der Waals surface area contributed by atoms with Gasteiger partial charge in [-0.25, -0.2) is 0 Å². The van der Waals surface area contributed by atoms with Crippen LogP contribution in [0, 0.1) is 11.3 Å². The summed E-state index contributed by atoms with van der Waals surface area (Å²) in [5, 5.41) is 11.4. The standard InChI is InChI=1S/C13H16N2O3/c1-4-10(8-14)15-13(16)9-5-11(17-2)7-12(6-9)18-3/h5-7,10H,4H2,1-3H3,(H,15,16). The van der Waals surface area contributed by atoms with Crippen LogP contribution < -0.4 is 14.8 Å². The van der Waals surface area contributed by atoms with Gasteiger partial charge in [-0.15, -0.1) is 0 Å². The highest BCUT2D eigenvalue weighted by molar-refractivity contribution is 5.95. The maximum absolute atomic E-state index is 11.9. The molecule has 1 aromatic rings. The van der Waals surface area contributed by atoms with E-state index in [0.29, 0.717) is 23.5 Å². The normalized spacial score (nSPS) is 11.2. The second kappa shape index (κ2) is 6.50. The van der Waals surface area contributed by atoms with E-state index in [1.807, 2.05) is 13.0 Å². The van der Waals surface area contributed by atoms with E-state index in [0.717, 1.165) is 0 Å². The lowest BCUT2D eigenvalue weighted by atomic mass is 10.1. The fourth-order valence-electron chi connectivity index (χ4n) is 1.41. The summed E-state index contributed by atoms with van der Waals surface area (Å²) < 4.78 is 10.2. The molecule has 0 saturated heterocycles. The van der Waals surface area contributed by atoms with E-state index in [2.05, 4.69) is 5.32 Å². The molecule has 1 aromatic carbocycles. The SMILES string of the molecule is CCC(C#N)NC(=O)c1cc(OC)cc(OC)c1. The topological polar surface area (TPSA) is 71.4 Å². The fraction of sp³-hybridized carbons (Fsp3) is 0.385. The van der Waals surface area contributed by atoms with Gasteiger partial charge >= 0.3 is 0 Å². The van der Waals surface area contributed by atoms with Crippen molar-refractivity contribution in [2.24, 2.45) is 0 Å². The summed E-state index contributed by atoms with van der Waals surface area (Å²) in [6, 6.07) is 6.40. The molecule has 0 aromatic heterocycles. The van der Waals surface area contributed by atoms with Gasteiger partial charge in [0, 0.05) is 11.6 Å². The van der Waals surface area contributed by atoms with E-state index in [1.165, 1.54) is 14.2 Å². The number of rotatable bonds is 5. The van der Waals surface area contributed by atoms with Crippen LogP contribution in [-0.2, 0) is 0 Å². The molecule has 96 valence electrons. The Morgan fingerprint density at radius 1 is 1.33 bits per heavy atom. The van der Waals surface area contributed by atoms with Crippen LogP contribution in [0.1, 0.15) is 23.7 Å². The third-order valence-corrected chi connectivity index (χ3v) is 2.48. The van der Waals surface area contributed by atoms with E-state index in [-0.39, 0.29) is 5.91 Å². The quantitative estimate of drug-likeness (QED) is 0.861. The van der Waals surface area contributed by atoms with E-state index in [1.54, 1.807) is 18.2 Å². The molecule has 0 fully saturated rings. The van der Waals surface area contributed by atoms with Gasteiger partial charge in [0.2, 0.25) is 0 Å². The molecule has 18 heavy (non-hydrogen) atoms. The van der Waals surface area contributed by atoms with Gasteiger partial charge in [0.25, 0.3) is 5.91 Å². The van der Waals surface area contributed by atoms with Crippen LogP contribution in [0.25, 0.3) is 0 Å². The van der Waals surface area contributed by atoms with Crippen molar-refractivity contribution < 1.29 is 14.3 Å². The minimum Gasteiger partial charge on any atom is -0.497 e. The lowest BCUT2D eigenvalue weighted by Gasteiger charge is -2.11. The van der Waals surface area contributed by atoms with Gasteiger partial charge in [0.05, 0.1) is 20.3 Å². The van der Waals surface area contributed by atoms with Crippen LogP contribution >= 0.6 is 0 Å². The number of methoxy groups -OCH3 is 2. The maximum Gasteiger partial charge on any atom is 0.252 e. The molecule has 5 heteroatoms. The average Bonchev–Trinajstić information content (AvgIpc) is 2.43. The van der Waals surface area contributed by atoms with Crippen molar-refractivity contribution in [3.8, 4) is 17.6 Å². The predicted octanol–water partition coefficient (Wildman–Crippen LogP) is 1.74. The summed E-state index contributed by atoms with van der Waals surface area (Å²) in [7, 11) is 3.03. The molecular formula is C13H16N2O3. The minimum absolute atomic E-state index is 0.319.